The number of nitrogens with one attached hydrogen (secondary N) is 1. The Labute approximate surface area is 167 Å². The maximum Gasteiger partial charge on any atom is 0.230 e. The number of halogens is 2. The van der Waals surface area contributed by atoms with E-state index in [4.69, 9.17) is 23.2 Å². The molecule has 1 amide bonds. The Balaban J connectivity index is 1.53. The highest BCUT2D eigenvalue weighted by Crippen LogP contribution is 2.36. The summed E-state index contributed by atoms with van der Waals surface area (Å²) in [5.41, 5.74) is 1.02. The van der Waals surface area contributed by atoms with Crippen LogP contribution in [-0.4, -0.2) is 38.4 Å². The van der Waals surface area contributed by atoms with Crippen LogP contribution in [0.25, 0.3) is 0 Å². The second-order valence-corrected chi connectivity index (χ2v) is 8.17. The lowest BCUT2D eigenvalue weighted by Crippen LogP contribution is -2.30. The third-order valence-electron chi connectivity index (χ3n) is 4.27. The van der Waals surface area contributed by atoms with Gasteiger partial charge in [0, 0.05) is 22.5 Å². The van der Waals surface area contributed by atoms with Crippen molar-refractivity contribution < 1.29 is 4.79 Å². The van der Waals surface area contributed by atoms with Gasteiger partial charge in [-0.05, 0) is 47.4 Å². The molecule has 3 rings (SSSR count). The lowest BCUT2D eigenvalue weighted by Gasteiger charge is -2.19. The monoisotopic (exact) mass is 413 g/mol. The second-order valence-electron chi connectivity index (χ2n) is 6.38. The molecule has 140 valence electrons. The molecule has 9 heteroatoms. The average Bonchev–Trinajstić information content (AvgIpc) is 3.35. The third kappa shape index (κ3) is 5.11. The third-order valence-corrected chi connectivity index (χ3v) is 5.77. The van der Waals surface area contributed by atoms with Crippen molar-refractivity contribution in [3.8, 4) is 0 Å². The highest BCUT2D eigenvalue weighted by molar-refractivity contribution is 7.99. The lowest BCUT2D eigenvalue weighted by molar-refractivity contribution is -0.118. The van der Waals surface area contributed by atoms with Crippen LogP contribution in [0.4, 0.5) is 0 Å². The fraction of sp³-hybridized carbons (Fsp3) is 0.529. The van der Waals surface area contributed by atoms with Gasteiger partial charge in [-0.2, -0.15) is 0 Å². The standard InChI is InChI=1S/C17H21Cl2N5OS/c1-2-3-11(14-7-4-12(18)8-15(14)19)9-20-16(25)10-26-17-21-22-23-24(17)13-5-6-13/h4,7-8,11,13H,2-3,5-6,9-10H2,1H3,(H,20,25)/t11-/m1/s1. The lowest BCUT2D eigenvalue weighted by atomic mass is 9.94. The number of hydrogen-bond acceptors (Lipinski definition) is 5. The fourth-order valence-corrected chi connectivity index (χ4v) is 4.13. The maximum absolute atomic E-state index is 12.3. The van der Waals surface area contributed by atoms with Crippen molar-refractivity contribution in [1.82, 2.24) is 25.5 Å². The largest absolute Gasteiger partial charge is 0.355 e. The summed E-state index contributed by atoms with van der Waals surface area (Å²) in [6.07, 6.45) is 4.15. The zero-order valence-electron chi connectivity index (χ0n) is 14.5. The summed E-state index contributed by atoms with van der Waals surface area (Å²) in [6, 6.07) is 5.92. The first kappa shape index (κ1) is 19.5. The van der Waals surface area contributed by atoms with E-state index in [0.717, 1.165) is 31.2 Å². The predicted molar refractivity (Wildman–Crippen MR) is 104 cm³/mol. The van der Waals surface area contributed by atoms with E-state index < -0.39 is 0 Å². The Morgan fingerprint density at radius 1 is 1.42 bits per heavy atom. The van der Waals surface area contributed by atoms with Gasteiger partial charge < -0.3 is 5.32 Å². The fourth-order valence-electron chi connectivity index (χ4n) is 2.80. The molecule has 1 N–H and O–H groups in total. The minimum atomic E-state index is -0.0356. The van der Waals surface area contributed by atoms with Crippen molar-refractivity contribution in [2.75, 3.05) is 12.3 Å². The molecular formula is C17H21Cl2N5OS. The van der Waals surface area contributed by atoms with E-state index in [1.807, 2.05) is 16.8 Å². The van der Waals surface area contributed by atoms with Gasteiger partial charge in [-0.25, -0.2) is 4.68 Å². The highest BCUT2D eigenvalue weighted by Gasteiger charge is 2.28. The minimum Gasteiger partial charge on any atom is -0.355 e. The molecule has 1 aromatic carbocycles. The number of carbonyl (C=O) groups excluding carboxylic acids is 1. The number of tetrazole rings is 1. The van der Waals surface area contributed by atoms with E-state index in [-0.39, 0.29) is 11.8 Å². The summed E-state index contributed by atoms with van der Waals surface area (Å²) >= 11 is 13.7. The smallest absolute Gasteiger partial charge is 0.230 e. The Hall–Kier alpha value is -1.31. The van der Waals surface area contributed by atoms with Crippen LogP contribution in [-0.2, 0) is 4.79 Å². The molecule has 0 spiro atoms. The highest BCUT2D eigenvalue weighted by atomic mass is 35.5. The Morgan fingerprint density at radius 2 is 2.23 bits per heavy atom. The minimum absolute atomic E-state index is 0.0356. The van der Waals surface area contributed by atoms with Crippen LogP contribution in [0.1, 0.15) is 50.1 Å². The summed E-state index contributed by atoms with van der Waals surface area (Å²) in [4.78, 5) is 12.3. The van der Waals surface area contributed by atoms with E-state index in [9.17, 15) is 4.79 Å². The molecule has 0 unspecified atom stereocenters. The van der Waals surface area contributed by atoms with E-state index in [1.54, 1.807) is 6.07 Å². The van der Waals surface area contributed by atoms with Crippen molar-refractivity contribution in [2.24, 2.45) is 0 Å². The van der Waals surface area contributed by atoms with Gasteiger partial charge in [0.05, 0.1) is 11.8 Å². The van der Waals surface area contributed by atoms with Crippen LogP contribution < -0.4 is 5.32 Å². The molecule has 1 aliphatic rings. The van der Waals surface area contributed by atoms with Crippen molar-refractivity contribution >= 4 is 40.9 Å². The van der Waals surface area contributed by atoms with E-state index in [1.165, 1.54) is 11.8 Å². The van der Waals surface area contributed by atoms with Gasteiger partial charge in [0.2, 0.25) is 11.1 Å². The molecule has 1 aliphatic carbocycles. The molecule has 0 aliphatic heterocycles. The molecule has 1 saturated carbocycles. The summed E-state index contributed by atoms with van der Waals surface area (Å²) < 4.78 is 1.81. The molecule has 0 saturated heterocycles. The molecule has 1 aromatic heterocycles. The molecule has 1 heterocycles. The number of hydrogen-bond donors (Lipinski definition) is 1. The molecule has 0 radical (unpaired) electrons. The van der Waals surface area contributed by atoms with Crippen LogP contribution in [0.15, 0.2) is 23.4 Å². The zero-order chi connectivity index (χ0) is 18.5. The van der Waals surface area contributed by atoms with Gasteiger partial charge in [-0.15, -0.1) is 5.10 Å². The molecule has 0 bridgehead atoms. The van der Waals surface area contributed by atoms with Crippen LogP contribution in [0.3, 0.4) is 0 Å². The summed E-state index contributed by atoms with van der Waals surface area (Å²) in [6.45, 7) is 2.66. The van der Waals surface area contributed by atoms with Crippen LogP contribution in [0, 0.1) is 0 Å². The molecule has 1 atom stereocenters. The second kappa shape index (κ2) is 9.06. The van der Waals surface area contributed by atoms with Gasteiger partial charge in [0.15, 0.2) is 0 Å². The van der Waals surface area contributed by atoms with Crippen LogP contribution in [0.5, 0.6) is 0 Å². The Kier molecular flexibility index (Phi) is 6.78. The van der Waals surface area contributed by atoms with Gasteiger partial charge in [-0.3, -0.25) is 4.79 Å². The molecule has 2 aromatic rings. The average molecular weight is 414 g/mol. The van der Waals surface area contributed by atoms with E-state index >= 15 is 0 Å². The van der Waals surface area contributed by atoms with Crippen molar-refractivity contribution in [3.63, 3.8) is 0 Å². The van der Waals surface area contributed by atoms with Crippen molar-refractivity contribution in [1.29, 1.82) is 0 Å². The normalized spacial score (nSPS) is 15.0. The molecule has 6 nitrogen and oxygen atoms in total. The Morgan fingerprint density at radius 3 is 2.92 bits per heavy atom. The predicted octanol–water partition coefficient (Wildman–Crippen LogP) is 4.11. The molecule has 26 heavy (non-hydrogen) atoms. The number of benzene rings is 1. The zero-order valence-corrected chi connectivity index (χ0v) is 16.8. The van der Waals surface area contributed by atoms with E-state index in [2.05, 4.69) is 27.8 Å². The first-order valence-electron chi connectivity index (χ1n) is 8.70. The van der Waals surface area contributed by atoms with Gasteiger partial charge >= 0.3 is 0 Å². The summed E-state index contributed by atoms with van der Waals surface area (Å²) in [5.74, 6) is 0.419. The van der Waals surface area contributed by atoms with Crippen LogP contribution >= 0.6 is 35.0 Å². The summed E-state index contributed by atoms with van der Waals surface area (Å²) in [7, 11) is 0. The first-order valence-corrected chi connectivity index (χ1v) is 10.4. The van der Waals surface area contributed by atoms with Crippen molar-refractivity contribution in [2.45, 2.75) is 49.7 Å². The van der Waals surface area contributed by atoms with Gasteiger partial charge in [-0.1, -0.05) is 54.4 Å². The van der Waals surface area contributed by atoms with Crippen LogP contribution in [0.2, 0.25) is 10.0 Å². The number of carbonyl (C=O) groups is 1. The number of nitrogens with zero attached hydrogens (tertiary/aromatic N) is 4. The topological polar surface area (TPSA) is 72.7 Å². The first-order chi connectivity index (χ1) is 12.6. The van der Waals surface area contributed by atoms with Gasteiger partial charge in [0.1, 0.15) is 0 Å². The maximum atomic E-state index is 12.3. The van der Waals surface area contributed by atoms with E-state index in [0.29, 0.717) is 33.5 Å². The molecule has 1 fully saturated rings. The number of aromatic nitrogens is 4. The molecular weight excluding hydrogens is 393 g/mol. The number of thioether (sulfide) groups is 1. The quantitative estimate of drug-likeness (QED) is 0.626. The Bertz CT molecular complexity index is 765. The number of rotatable bonds is 9. The van der Waals surface area contributed by atoms with Crippen molar-refractivity contribution in [3.05, 3.63) is 33.8 Å². The number of amides is 1. The van der Waals surface area contributed by atoms with Gasteiger partial charge in [0.25, 0.3) is 0 Å². The summed E-state index contributed by atoms with van der Waals surface area (Å²) in [5, 5.41) is 16.6. The SMILES string of the molecule is CCC[C@H](CNC(=O)CSc1nnnn1C1CC1)c1ccc(Cl)cc1Cl.